The summed E-state index contributed by atoms with van der Waals surface area (Å²) < 4.78 is 0. The zero-order chi connectivity index (χ0) is 19.1. The second-order valence-electron chi connectivity index (χ2n) is 5.80. The number of aryl methyl sites for hydroxylation is 2. The number of nitrogens with zero attached hydrogens (tertiary/aromatic N) is 1. The average Bonchev–Trinajstić information content (AvgIpc) is 2.59. The second-order valence-corrected chi connectivity index (χ2v) is 6.61. The van der Waals surface area contributed by atoms with Gasteiger partial charge < -0.3 is 5.32 Å². The molecular weight excluding hydrogens is 373 g/mol. The highest BCUT2D eigenvalue weighted by atomic mass is 35.5. The van der Waals surface area contributed by atoms with Crippen LogP contribution < -0.4 is 10.7 Å². The van der Waals surface area contributed by atoms with Gasteiger partial charge >= 0.3 is 0 Å². The highest BCUT2D eigenvalue weighted by molar-refractivity contribution is 6.38. The fraction of sp³-hybridized carbons (Fsp3) is 0.211. The summed E-state index contributed by atoms with van der Waals surface area (Å²) in [7, 11) is 0. The normalized spacial score (nSPS) is 10.8. The molecular formula is C19H19Cl2N3O2. The van der Waals surface area contributed by atoms with Crippen molar-refractivity contribution in [2.24, 2.45) is 5.10 Å². The number of hydrogen-bond donors (Lipinski definition) is 2. The summed E-state index contributed by atoms with van der Waals surface area (Å²) in [5.74, 6) is -0.604. The molecule has 0 atom stereocenters. The standard InChI is InChI=1S/C19H19Cl2N3O2/c1-12-6-7-13(2)17(10-12)23-18(25)8-9-19(26)24-22-11-14-15(20)4-3-5-16(14)21/h3-7,10-11H,8-9H2,1-2H3,(H,23,25)(H,24,26). The topological polar surface area (TPSA) is 70.6 Å². The summed E-state index contributed by atoms with van der Waals surface area (Å²) in [6, 6.07) is 10.9. The Bertz CT molecular complexity index is 830. The average molecular weight is 392 g/mol. The molecule has 0 aliphatic rings. The van der Waals surface area contributed by atoms with Gasteiger partial charge in [-0.2, -0.15) is 5.10 Å². The number of halogens is 2. The van der Waals surface area contributed by atoms with Crippen molar-refractivity contribution in [3.63, 3.8) is 0 Å². The van der Waals surface area contributed by atoms with Crippen molar-refractivity contribution in [2.45, 2.75) is 26.7 Å². The molecule has 2 amide bonds. The Morgan fingerprint density at radius 1 is 1.04 bits per heavy atom. The summed E-state index contributed by atoms with van der Waals surface area (Å²) in [4.78, 5) is 23.8. The molecule has 2 aromatic rings. The smallest absolute Gasteiger partial charge is 0.240 e. The van der Waals surface area contributed by atoms with Gasteiger partial charge in [0.1, 0.15) is 0 Å². The Morgan fingerprint density at radius 3 is 2.38 bits per heavy atom. The van der Waals surface area contributed by atoms with Gasteiger partial charge in [0.25, 0.3) is 0 Å². The van der Waals surface area contributed by atoms with Crippen LogP contribution in [0.1, 0.15) is 29.5 Å². The lowest BCUT2D eigenvalue weighted by molar-refractivity contribution is -0.124. The van der Waals surface area contributed by atoms with E-state index < -0.39 is 0 Å². The Morgan fingerprint density at radius 2 is 1.69 bits per heavy atom. The zero-order valence-corrected chi connectivity index (χ0v) is 16.0. The van der Waals surface area contributed by atoms with E-state index in [0.29, 0.717) is 15.6 Å². The number of hydrazone groups is 1. The van der Waals surface area contributed by atoms with Gasteiger partial charge in [0.15, 0.2) is 0 Å². The first-order valence-electron chi connectivity index (χ1n) is 8.00. The van der Waals surface area contributed by atoms with Crippen LogP contribution in [0.4, 0.5) is 5.69 Å². The number of nitrogens with one attached hydrogen (secondary N) is 2. The van der Waals surface area contributed by atoms with Crippen LogP contribution in [0.15, 0.2) is 41.5 Å². The molecule has 0 aromatic heterocycles. The molecule has 0 saturated heterocycles. The zero-order valence-electron chi connectivity index (χ0n) is 14.5. The van der Waals surface area contributed by atoms with Gasteiger partial charge in [0, 0.05) is 24.1 Å². The molecule has 0 bridgehead atoms. The number of amides is 2. The van der Waals surface area contributed by atoms with Crippen molar-refractivity contribution >= 4 is 46.9 Å². The van der Waals surface area contributed by atoms with Gasteiger partial charge in [-0.1, -0.05) is 41.4 Å². The number of carbonyl (C=O) groups is 2. The van der Waals surface area contributed by atoms with Crippen LogP contribution in [-0.2, 0) is 9.59 Å². The molecule has 0 fully saturated rings. The van der Waals surface area contributed by atoms with E-state index in [2.05, 4.69) is 15.8 Å². The fourth-order valence-electron chi connectivity index (χ4n) is 2.17. The fourth-order valence-corrected chi connectivity index (χ4v) is 2.66. The molecule has 7 heteroatoms. The third kappa shape index (κ3) is 5.86. The van der Waals surface area contributed by atoms with Gasteiger partial charge in [-0.3, -0.25) is 9.59 Å². The van der Waals surface area contributed by atoms with E-state index in [1.165, 1.54) is 6.21 Å². The summed E-state index contributed by atoms with van der Waals surface area (Å²) in [5, 5.41) is 7.50. The Labute approximate surface area is 162 Å². The summed E-state index contributed by atoms with van der Waals surface area (Å²) >= 11 is 12.0. The summed E-state index contributed by atoms with van der Waals surface area (Å²) in [5.41, 5.74) is 5.65. The minimum Gasteiger partial charge on any atom is -0.326 e. The summed E-state index contributed by atoms with van der Waals surface area (Å²) in [6.45, 7) is 3.86. The van der Waals surface area contributed by atoms with Gasteiger partial charge in [-0.25, -0.2) is 5.43 Å². The van der Waals surface area contributed by atoms with E-state index in [1.54, 1.807) is 18.2 Å². The van der Waals surface area contributed by atoms with Crippen LogP contribution in [-0.4, -0.2) is 18.0 Å². The highest BCUT2D eigenvalue weighted by Gasteiger charge is 2.08. The van der Waals surface area contributed by atoms with Crippen LogP contribution in [0, 0.1) is 13.8 Å². The molecule has 0 spiro atoms. The van der Waals surface area contributed by atoms with Crippen LogP contribution in [0.5, 0.6) is 0 Å². The van der Waals surface area contributed by atoms with E-state index in [4.69, 9.17) is 23.2 Å². The molecule has 2 aromatic carbocycles. The van der Waals surface area contributed by atoms with Crippen LogP contribution in [0.2, 0.25) is 10.0 Å². The first-order chi connectivity index (χ1) is 12.4. The van der Waals surface area contributed by atoms with E-state index in [9.17, 15) is 9.59 Å². The monoisotopic (exact) mass is 391 g/mol. The molecule has 2 N–H and O–H groups in total. The van der Waals surface area contributed by atoms with Crippen LogP contribution >= 0.6 is 23.2 Å². The Hall–Kier alpha value is -2.37. The lowest BCUT2D eigenvalue weighted by Gasteiger charge is -2.09. The number of hydrogen-bond acceptors (Lipinski definition) is 3. The molecule has 5 nitrogen and oxygen atoms in total. The third-order valence-corrected chi connectivity index (χ3v) is 4.29. The van der Waals surface area contributed by atoms with E-state index in [-0.39, 0.29) is 24.7 Å². The maximum absolute atomic E-state index is 12.0. The SMILES string of the molecule is Cc1ccc(C)c(NC(=O)CCC(=O)NN=Cc2c(Cl)cccc2Cl)c1. The molecule has 0 aliphatic carbocycles. The molecule has 0 heterocycles. The van der Waals surface area contributed by atoms with E-state index >= 15 is 0 Å². The van der Waals surface area contributed by atoms with Crippen molar-refractivity contribution in [3.8, 4) is 0 Å². The first-order valence-corrected chi connectivity index (χ1v) is 8.75. The van der Waals surface area contributed by atoms with Gasteiger partial charge in [-0.05, 0) is 43.2 Å². The van der Waals surface area contributed by atoms with Crippen molar-refractivity contribution in [2.75, 3.05) is 5.32 Å². The lowest BCUT2D eigenvalue weighted by Crippen LogP contribution is -2.21. The summed E-state index contributed by atoms with van der Waals surface area (Å²) in [6.07, 6.45) is 1.45. The lowest BCUT2D eigenvalue weighted by atomic mass is 10.1. The number of carbonyl (C=O) groups excluding carboxylic acids is 2. The Balaban J connectivity index is 1.82. The molecule has 0 radical (unpaired) electrons. The van der Waals surface area contributed by atoms with Gasteiger partial charge in [-0.15, -0.1) is 0 Å². The molecule has 2 rings (SSSR count). The molecule has 0 aliphatic heterocycles. The predicted octanol–water partition coefficient (Wildman–Crippen LogP) is 4.48. The van der Waals surface area contributed by atoms with Gasteiger partial charge in [0.05, 0.1) is 16.3 Å². The third-order valence-electron chi connectivity index (χ3n) is 3.63. The minimum absolute atomic E-state index is 0.0181. The quantitative estimate of drug-likeness (QED) is 0.562. The van der Waals surface area contributed by atoms with Crippen LogP contribution in [0.25, 0.3) is 0 Å². The maximum atomic E-state index is 12.0. The number of benzene rings is 2. The predicted molar refractivity (Wildman–Crippen MR) is 106 cm³/mol. The van der Waals surface area contributed by atoms with Crippen molar-refractivity contribution in [1.29, 1.82) is 0 Å². The molecule has 136 valence electrons. The Kier molecular flexibility index (Phi) is 7.18. The molecule has 0 saturated carbocycles. The van der Waals surface area contributed by atoms with Crippen molar-refractivity contribution in [3.05, 3.63) is 63.1 Å². The van der Waals surface area contributed by atoms with Gasteiger partial charge in [0.2, 0.25) is 11.8 Å². The maximum Gasteiger partial charge on any atom is 0.240 e. The largest absolute Gasteiger partial charge is 0.326 e. The number of anilines is 1. The number of rotatable bonds is 6. The highest BCUT2D eigenvalue weighted by Crippen LogP contribution is 2.22. The van der Waals surface area contributed by atoms with E-state index in [0.717, 1.165) is 16.8 Å². The molecule has 26 heavy (non-hydrogen) atoms. The first kappa shape index (κ1) is 19.9. The molecule has 0 unspecified atom stereocenters. The van der Waals surface area contributed by atoms with Crippen molar-refractivity contribution < 1.29 is 9.59 Å². The van der Waals surface area contributed by atoms with Crippen molar-refractivity contribution in [1.82, 2.24) is 5.43 Å². The second kappa shape index (κ2) is 9.36. The van der Waals surface area contributed by atoms with Crippen LogP contribution in [0.3, 0.4) is 0 Å². The van der Waals surface area contributed by atoms with E-state index in [1.807, 2.05) is 32.0 Å². The minimum atomic E-state index is -0.374.